The Kier molecular flexibility index (Phi) is 5.73. The lowest BCUT2D eigenvalue weighted by molar-refractivity contribution is 0.0907. The first-order chi connectivity index (χ1) is 8.47. The Balaban J connectivity index is 2.87. The lowest BCUT2D eigenvalue weighted by atomic mass is 9.93. The molecule has 0 unspecified atom stereocenters. The lowest BCUT2D eigenvalue weighted by Gasteiger charge is -2.26. The first-order valence-electron chi connectivity index (χ1n) is 6.41. The summed E-state index contributed by atoms with van der Waals surface area (Å²) in [4.78, 5) is 13.3. The second-order valence-electron chi connectivity index (χ2n) is 5.19. The standard InChI is InChI=1S/C15H23NOS/c1-10(2)14(11(3)4)16-15(17)12-8-6-7-9-13(12)18-5/h6-11,14H,1-5H3,(H,16,17). The molecule has 2 nitrogen and oxygen atoms in total. The van der Waals surface area contributed by atoms with Crippen LogP contribution < -0.4 is 5.32 Å². The van der Waals surface area contributed by atoms with Gasteiger partial charge in [0.15, 0.2) is 0 Å². The van der Waals surface area contributed by atoms with Gasteiger partial charge in [-0.25, -0.2) is 0 Å². The first kappa shape index (κ1) is 15.1. The van der Waals surface area contributed by atoms with Crippen LogP contribution in [0.5, 0.6) is 0 Å². The van der Waals surface area contributed by atoms with E-state index in [9.17, 15) is 4.79 Å². The molecule has 1 rings (SSSR count). The molecule has 1 aromatic rings. The molecule has 0 aliphatic carbocycles. The van der Waals surface area contributed by atoms with Crippen LogP contribution in [0.15, 0.2) is 29.2 Å². The van der Waals surface area contributed by atoms with Crippen molar-refractivity contribution < 1.29 is 4.79 Å². The molecular weight excluding hydrogens is 242 g/mol. The number of hydrogen-bond donors (Lipinski definition) is 1. The fraction of sp³-hybridized carbons (Fsp3) is 0.533. The topological polar surface area (TPSA) is 29.1 Å². The molecule has 1 aromatic carbocycles. The summed E-state index contributed by atoms with van der Waals surface area (Å²) in [6.45, 7) is 8.58. The molecule has 1 amide bonds. The maximum atomic E-state index is 12.3. The van der Waals surface area contributed by atoms with Crippen LogP contribution in [0.1, 0.15) is 38.1 Å². The minimum absolute atomic E-state index is 0.0346. The molecule has 0 radical (unpaired) electrons. The van der Waals surface area contributed by atoms with Gasteiger partial charge in [-0.05, 0) is 30.2 Å². The SMILES string of the molecule is CSc1ccccc1C(=O)NC(C(C)C)C(C)C. The van der Waals surface area contributed by atoms with Crippen LogP contribution in [0, 0.1) is 11.8 Å². The smallest absolute Gasteiger partial charge is 0.252 e. The van der Waals surface area contributed by atoms with Crippen LogP contribution in [-0.4, -0.2) is 18.2 Å². The third-order valence-electron chi connectivity index (χ3n) is 3.09. The van der Waals surface area contributed by atoms with Crippen LogP contribution in [0.25, 0.3) is 0 Å². The van der Waals surface area contributed by atoms with E-state index >= 15 is 0 Å². The van der Waals surface area contributed by atoms with Gasteiger partial charge in [-0.1, -0.05) is 39.8 Å². The zero-order valence-corrected chi connectivity index (χ0v) is 12.7. The molecule has 0 spiro atoms. The number of thioether (sulfide) groups is 1. The van der Waals surface area contributed by atoms with Gasteiger partial charge in [0.2, 0.25) is 0 Å². The number of hydrogen-bond acceptors (Lipinski definition) is 2. The summed E-state index contributed by atoms with van der Waals surface area (Å²) in [7, 11) is 0. The Hall–Kier alpha value is -0.960. The number of carbonyl (C=O) groups excluding carboxylic acids is 1. The summed E-state index contributed by atoms with van der Waals surface area (Å²) in [5.41, 5.74) is 0.774. The minimum atomic E-state index is 0.0346. The van der Waals surface area contributed by atoms with Crippen LogP contribution in [0.4, 0.5) is 0 Å². The van der Waals surface area contributed by atoms with E-state index in [1.807, 2.05) is 30.5 Å². The Bertz CT molecular complexity index is 393. The Morgan fingerprint density at radius 2 is 1.67 bits per heavy atom. The molecule has 0 saturated carbocycles. The molecule has 0 aliphatic heterocycles. The van der Waals surface area contributed by atoms with Gasteiger partial charge in [0.25, 0.3) is 5.91 Å². The Morgan fingerprint density at radius 1 is 1.11 bits per heavy atom. The third kappa shape index (κ3) is 3.77. The summed E-state index contributed by atoms with van der Waals surface area (Å²) in [6, 6.07) is 7.96. The highest BCUT2D eigenvalue weighted by Crippen LogP contribution is 2.21. The van der Waals surface area contributed by atoms with Crippen LogP contribution in [0.3, 0.4) is 0 Å². The van der Waals surface area contributed by atoms with Crippen molar-refractivity contribution >= 4 is 17.7 Å². The molecule has 0 fully saturated rings. The van der Waals surface area contributed by atoms with E-state index in [4.69, 9.17) is 0 Å². The van der Waals surface area contributed by atoms with Crippen molar-refractivity contribution in [2.75, 3.05) is 6.26 Å². The molecule has 1 N–H and O–H groups in total. The van der Waals surface area contributed by atoms with E-state index < -0.39 is 0 Å². The van der Waals surface area contributed by atoms with E-state index in [2.05, 4.69) is 33.0 Å². The van der Waals surface area contributed by atoms with Crippen molar-refractivity contribution in [1.29, 1.82) is 0 Å². The van der Waals surface area contributed by atoms with Crippen molar-refractivity contribution in [2.45, 2.75) is 38.6 Å². The first-order valence-corrected chi connectivity index (χ1v) is 7.63. The van der Waals surface area contributed by atoms with Crippen LogP contribution >= 0.6 is 11.8 Å². The molecule has 0 aliphatic rings. The Labute approximate surface area is 115 Å². The molecule has 0 heterocycles. The second-order valence-corrected chi connectivity index (χ2v) is 6.04. The van der Waals surface area contributed by atoms with Gasteiger partial charge in [0, 0.05) is 10.9 Å². The number of benzene rings is 1. The van der Waals surface area contributed by atoms with Crippen molar-refractivity contribution in [1.82, 2.24) is 5.32 Å². The van der Waals surface area contributed by atoms with E-state index in [1.54, 1.807) is 11.8 Å². The van der Waals surface area contributed by atoms with E-state index in [0.717, 1.165) is 10.5 Å². The van der Waals surface area contributed by atoms with E-state index in [-0.39, 0.29) is 11.9 Å². The summed E-state index contributed by atoms with van der Waals surface area (Å²) < 4.78 is 0. The highest BCUT2D eigenvalue weighted by atomic mass is 32.2. The molecule has 0 bridgehead atoms. The van der Waals surface area contributed by atoms with Gasteiger partial charge in [-0.15, -0.1) is 11.8 Å². The average Bonchev–Trinajstić information content (AvgIpc) is 2.34. The fourth-order valence-electron chi connectivity index (χ4n) is 2.16. The maximum Gasteiger partial charge on any atom is 0.252 e. The minimum Gasteiger partial charge on any atom is -0.349 e. The molecule has 0 saturated heterocycles. The number of carbonyl (C=O) groups is 1. The molecule has 0 atom stereocenters. The van der Waals surface area contributed by atoms with Gasteiger partial charge in [-0.3, -0.25) is 4.79 Å². The van der Waals surface area contributed by atoms with E-state index in [0.29, 0.717) is 11.8 Å². The highest BCUT2D eigenvalue weighted by Gasteiger charge is 2.21. The summed E-state index contributed by atoms with van der Waals surface area (Å²) in [6.07, 6.45) is 1.99. The average molecular weight is 265 g/mol. The van der Waals surface area contributed by atoms with Gasteiger partial charge in [0.05, 0.1) is 5.56 Å². The molecule has 3 heteroatoms. The monoisotopic (exact) mass is 265 g/mol. The predicted octanol–water partition coefficient (Wildman–Crippen LogP) is 3.82. The Morgan fingerprint density at radius 3 is 2.17 bits per heavy atom. The zero-order chi connectivity index (χ0) is 13.7. The van der Waals surface area contributed by atoms with Crippen molar-refractivity contribution in [3.8, 4) is 0 Å². The second kappa shape index (κ2) is 6.83. The van der Waals surface area contributed by atoms with Crippen molar-refractivity contribution in [3.05, 3.63) is 29.8 Å². The summed E-state index contributed by atoms with van der Waals surface area (Å²) in [5, 5.41) is 3.15. The third-order valence-corrected chi connectivity index (χ3v) is 3.88. The summed E-state index contributed by atoms with van der Waals surface area (Å²) >= 11 is 1.61. The fourth-order valence-corrected chi connectivity index (χ4v) is 2.76. The van der Waals surface area contributed by atoms with Crippen molar-refractivity contribution in [2.24, 2.45) is 11.8 Å². The van der Waals surface area contributed by atoms with Gasteiger partial charge < -0.3 is 5.32 Å². The maximum absolute atomic E-state index is 12.3. The van der Waals surface area contributed by atoms with Gasteiger partial charge >= 0.3 is 0 Å². The molecule has 0 aromatic heterocycles. The lowest BCUT2D eigenvalue weighted by Crippen LogP contribution is -2.42. The predicted molar refractivity (Wildman–Crippen MR) is 79.2 cm³/mol. The van der Waals surface area contributed by atoms with Gasteiger partial charge in [0.1, 0.15) is 0 Å². The molecule has 18 heavy (non-hydrogen) atoms. The summed E-state index contributed by atoms with van der Waals surface area (Å²) in [5.74, 6) is 0.915. The van der Waals surface area contributed by atoms with E-state index in [1.165, 1.54) is 0 Å². The quantitative estimate of drug-likeness (QED) is 0.820. The van der Waals surface area contributed by atoms with Crippen molar-refractivity contribution in [3.63, 3.8) is 0 Å². The highest BCUT2D eigenvalue weighted by molar-refractivity contribution is 7.98. The van der Waals surface area contributed by atoms with Crippen LogP contribution in [-0.2, 0) is 0 Å². The molecular formula is C15H23NOS. The van der Waals surface area contributed by atoms with Crippen LogP contribution in [0.2, 0.25) is 0 Å². The normalized spacial score (nSPS) is 11.3. The van der Waals surface area contributed by atoms with Gasteiger partial charge in [-0.2, -0.15) is 0 Å². The number of amides is 1. The number of nitrogens with one attached hydrogen (secondary N) is 1. The molecule has 100 valence electrons. The zero-order valence-electron chi connectivity index (χ0n) is 11.9. The largest absolute Gasteiger partial charge is 0.349 e. The number of rotatable bonds is 5.